The number of rotatable bonds is 11. The van der Waals surface area contributed by atoms with E-state index in [1.807, 2.05) is 79.9 Å². The van der Waals surface area contributed by atoms with Crippen molar-refractivity contribution in [1.29, 1.82) is 0 Å². The second-order valence-corrected chi connectivity index (χ2v) is 8.80. The third-order valence-corrected chi connectivity index (χ3v) is 6.00. The van der Waals surface area contributed by atoms with E-state index in [-0.39, 0.29) is 0 Å². The van der Waals surface area contributed by atoms with Gasteiger partial charge in [0.25, 0.3) is 5.91 Å². The normalized spacial score (nSPS) is 11.7. The molecule has 5 nitrogen and oxygen atoms in total. The van der Waals surface area contributed by atoms with Gasteiger partial charge in [-0.1, -0.05) is 60.7 Å². The molecule has 0 aliphatic carbocycles. The fourth-order valence-corrected chi connectivity index (χ4v) is 4.04. The number of nitrogens with one attached hydrogen (secondary N) is 1. The predicted octanol–water partition coefficient (Wildman–Crippen LogP) is 5.31. The van der Waals surface area contributed by atoms with Gasteiger partial charge < -0.3 is 15.2 Å². The first-order chi connectivity index (χ1) is 16.0. The second kappa shape index (κ2) is 12.2. The number of ether oxygens (including phenoxy) is 1. The molecule has 33 heavy (non-hydrogen) atoms. The minimum Gasteiger partial charge on any atom is -0.480 e. The van der Waals surface area contributed by atoms with Crippen LogP contribution in [0.25, 0.3) is 11.1 Å². The topological polar surface area (TPSA) is 75.6 Å². The number of carbonyl (C=O) groups is 2. The van der Waals surface area contributed by atoms with Gasteiger partial charge >= 0.3 is 5.97 Å². The molecular weight excluding hydrogens is 434 g/mol. The first kappa shape index (κ1) is 24.6. The Morgan fingerprint density at radius 2 is 1.64 bits per heavy atom. The van der Waals surface area contributed by atoms with Gasteiger partial charge in [0.15, 0.2) is 0 Å². The Morgan fingerprint density at radius 1 is 0.939 bits per heavy atom. The maximum Gasteiger partial charge on any atom is 0.326 e. The van der Waals surface area contributed by atoms with Crippen molar-refractivity contribution in [2.45, 2.75) is 32.6 Å². The molecule has 3 aromatic carbocycles. The number of amides is 1. The average molecular weight is 464 g/mol. The molecule has 0 heterocycles. The van der Waals surface area contributed by atoms with Crippen molar-refractivity contribution in [2.75, 3.05) is 12.0 Å². The molecule has 0 saturated carbocycles. The summed E-state index contributed by atoms with van der Waals surface area (Å²) >= 11 is 1.55. The molecule has 0 saturated heterocycles. The monoisotopic (exact) mass is 463 g/mol. The van der Waals surface area contributed by atoms with Gasteiger partial charge in [-0.3, -0.25) is 4.79 Å². The number of aryl methyl sites for hydroxylation is 1. The van der Waals surface area contributed by atoms with Gasteiger partial charge in [0.05, 0.1) is 13.2 Å². The molecule has 0 radical (unpaired) electrons. The summed E-state index contributed by atoms with van der Waals surface area (Å²) in [5.41, 5.74) is 5.22. The molecule has 0 bridgehead atoms. The van der Waals surface area contributed by atoms with Crippen molar-refractivity contribution in [3.63, 3.8) is 0 Å². The van der Waals surface area contributed by atoms with Crippen LogP contribution in [0.15, 0.2) is 72.8 Å². The number of hydrogen-bond donors (Lipinski definition) is 2. The third-order valence-electron chi connectivity index (χ3n) is 5.36. The van der Waals surface area contributed by atoms with Gasteiger partial charge in [-0.2, -0.15) is 11.8 Å². The number of thioether (sulfide) groups is 1. The van der Waals surface area contributed by atoms with E-state index in [0.717, 1.165) is 27.8 Å². The largest absolute Gasteiger partial charge is 0.480 e. The van der Waals surface area contributed by atoms with Gasteiger partial charge in [-0.25, -0.2) is 4.79 Å². The quantitative estimate of drug-likeness (QED) is 0.403. The van der Waals surface area contributed by atoms with Crippen LogP contribution in [0.3, 0.4) is 0 Å². The summed E-state index contributed by atoms with van der Waals surface area (Å²) in [5.74, 6) is -0.765. The molecule has 3 aromatic rings. The Hall–Kier alpha value is -3.09. The van der Waals surface area contributed by atoms with Crippen LogP contribution >= 0.6 is 11.8 Å². The lowest BCUT2D eigenvalue weighted by Gasteiger charge is -2.17. The lowest BCUT2D eigenvalue weighted by Crippen LogP contribution is -2.41. The highest BCUT2D eigenvalue weighted by Gasteiger charge is 2.22. The summed E-state index contributed by atoms with van der Waals surface area (Å²) in [5, 5.41) is 12.2. The summed E-state index contributed by atoms with van der Waals surface area (Å²) in [6.45, 7) is 2.90. The van der Waals surface area contributed by atoms with Crippen LogP contribution in [0.1, 0.15) is 33.5 Å². The number of carboxylic acid groups (broad SMARTS) is 1. The summed E-state index contributed by atoms with van der Waals surface area (Å²) < 4.78 is 5.89. The van der Waals surface area contributed by atoms with Crippen LogP contribution in [0.4, 0.5) is 0 Å². The maximum absolute atomic E-state index is 13.1. The van der Waals surface area contributed by atoms with Gasteiger partial charge in [0.1, 0.15) is 6.04 Å². The van der Waals surface area contributed by atoms with Crippen molar-refractivity contribution in [1.82, 2.24) is 5.32 Å². The molecule has 6 heteroatoms. The molecule has 0 fully saturated rings. The molecule has 0 aliphatic rings. The lowest BCUT2D eigenvalue weighted by molar-refractivity contribution is -0.139. The summed E-state index contributed by atoms with van der Waals surface area (Å²) in [4.78, 5) is 24.8. The molecule has 0 aliphatic heterocycles. The van der Waals surface area contributed by atoms with E-state index < -0.39 is 17.9 Å². The van der Waals surface area contributed by atoms with Crippen LogP contribution < -0.4 is 5.32 Å². The average Bonchev–Trinajstić information content (AvgIpc) is 2.82. The Morgan fingerprint density at radius 3 is 2.33 bits per heavy atom. The van der Waals surface area contributed by atoms with Crippen LogP contribution in [0.2, 0.25) is 0 Å². The van der Waals surface area contributed by atoms with Crippen molar-refractivity contribution in [3.05, 3.63) is 95.1 Å². The summed E-state index contributed by atoms with van der Waals surface area (Å²) in [6, 6.07) is 22.5. The number of carbonyl (C=O) groups excluding carboxylic acids is 1. The Balaban J connectivity index is 1.85. The summed E-state index contributed by atoms with van der Waals surface area (Å²) in [6.07, 6.45) is 2.28. The molecule has 0 aromatic heterocycles. The van der Waals surface area contributed by atoms with Gasteiger partial charge in [0, 0.05) is 5.56 Å². The first-order valence-electron chi connectivity index (χ1n) is 10.8. The van der Waals surface area contributed by atoms with Crippen LogP contribution in [0, 0.1) is 6.92 Å². The maximum atomic E-state index is 13.1. The highest BCUT2D eigenvalue weighted by Crippen LogP contribution is 2.28. The predicted molar refractivity (Wildman–Crippen MR) is 133 cm³/mol. The zero-order valence-corrected chi connectivity index (χ0v) is 19.7. The summed E-state index contributed by atoms with van der Waals surface area (Å²) in [7, 11) is 0. The molecule has 0 unspecified atom stereocenters. The van der Waals surface area contributed by atoms with Crippen molar-refractivity contribution < 1.29 is 19.4 Å². The fourth-order valence-electron chi connectivity index (χ4n) is 3.57. The van der Waals surface area contributed by atoms with Crippen LogP contribution in [-0.4, -0.2) is 35.0 Å². The third kappa shape index (κ3) is 6.94. The van der Waals surface area contributed by atoms with Crippen LogP contribution in [-0.2, 0) is 22.7 Å². The number of aliphatic carboxylic acids is 1. The standard InChI is InChI=1S/C27H29NO4S/c1-19-8-6-7-11-22(19)24-16-21(18-32-17-20-9-4-3-5-10-20)12-13-23(24)26(29)28-25(27(30)31)14-15-33-2/h3-13,16,25H,14-15,17-18H2,1-2H3,(H,28,29)(H,30,31)/t25-/m0/s1. The second-order valence-electron chi connectivity index (χ2n) is 7.82. The van der Waals surface area contributed by atoms with Crippen molar-refractivity contribution in [2.24, 2.45) is 0 Å². The molecule has 0 spiro atoms. The zero-order valence-electron chi connectivity index (χ0n) is 18.9. The van der Waals surface area contributed by atoms with E-state index in [1.165, 1.54) is 0 Å². The first-order valence-corrected chi connectivity index (χ1v) is 12.2. The van der Waals surface area contributed by atoms with Gasteiger partial charge in [0.2, 0.25) is 0 Å². The Bertz CT molecular complexity index is 1080. The minimum absolute atomic E-state index is 0.368. The smallest absolute Gasteiger partial charge is 0.326 e. The Kier molecular flexibility index (Phi) is 9.10. The van der Waals surface area contributed by atoms with E-state index >= 15 is 0 Å². The SMILES string of the molecule is CSCC[C@H](NC(=O)c1ccc(COCc2ccccc2)cc1-c1ccccc1C)C(=O)O. The van der Waals surface area contributed by atoms with E-state index in [2.05, 4.69) is 5.32 Å². The highest BCUT2D eigenvalue weighted by atomic mass is 32.2. The van der Waals surface area contributed by atoms with Crippen LogP contribution in [0.5, 0.6) is 0 Å². The van der Waals surface area contributed by atoms with E-state index in [9.17, 15) is 14.7 Å². The van der Waals surface area contributed by atoms with E-state index in [1.54, 1.807) is 17.8 Å². The zero-order chi connectivity index (χ0) is 23.6. The van der Waals surface area contributed by atoms with Gasteiger partial charge in [-0.05, 0) is 65.3 Å². The molecule has 1 amide bonds. The van der Waals surface area contributed by atoms with Gasteiger partial charge in [-0.15, -0.1) is 0 Å². The minimum atomic E-state index is -1.03. The number of carboxylic acids is 1. The molecule has 2 N–H and O–H groups in total. The fraction of sp³-hybridized carbons (Fsp3) is 0.259. The molecule has 3 rings (SSSR count). The number of hydrogen-bond acceptors (Lipinski definition) is 4. The van der Waals surface area contributed by atoms with E-state index in [4.69, 9.17) is 4.74 Å². The molecule has 172 valence electrons. The number of benzene rings is 3. The lowest BCUT2D eigenvalue weighted by atomic mass is 9.93. The Labute approximate surface area is 199 Å². The highest BCUT2D eigenvalue weighted by molar-refractivity contribution is 7.98. The van der Waals surface area contributed by atoms with E-state index in [0.29, 0.717) is 31.0 Å². The molecule has 1 atom stereocenters. The van der Waals surface area contributed by atoms with Crippen molar-refractivity contribution in [3.8, 4) is 11.1 Å². The molecular formula is C27H29NO4S. The van der Waals surface area contributed by atoms with Crippen molar-refractivity contribution >= 4 is 23.6 Å².